The number of piperidine rings is 1. The maximum atomic E-state index is 9.63. The van der Waals surface area contributed by atoms with Crippen molar-refractivity contribution in [3.8, 4) is 6.07 Å². The SMILES string of the molecule is CCc1nnc(N[C@H]2CCCN(c3cnn(C)c3)C2)c(C#N)c1CC. The molecular formula is C18H25N7. The van der Waals surface area contributed by atoms with Gasteiger partial charge in [-0.1, -0.05) is 13.8 Å². The fraction of sp³-hybridized carbons (Fsp3) is 0.556. The van der Waals surface area contributed by atoms with E-state index in [-0.39, 0.29) is 6.04 Å². The minimum Gasteiger partial charge on any atom is -0.367 e. The molecule has 132 valence electrons. The lowest BCUT2D eigenvalue weighted by Crippen LogP contribution is -2.42. The summed E-state index contributed by atoms with van der Waals surface area (Å²) in [6.07, 6.45) is 7.67. The average Bonchev–Trinajstić information content (AvgIpc) is 3.08. The van der Waals surface area contributed by atoms with Gasteiger partial charge in [0.05, 0.1) is 17.6 Å². The van der Waals surface area contributed by atoms with E-state index in [1.807, 2.05) is 31.0 Å². The first-order valence-electron chi connectivity index (χ1n) is 8.94. The molecule has 1 aliphatic rings. The van der Waals surface area contributed by atoms with Gasteiger partial charge >= 0.3 is 0 Å². The third-order valence-corrected chi connectivity index (χ3v) is 4.78. The lowest BCUT2D eigenvalue weighted by Gasteiger charge is -2.34. The summed E-state index contributed by atoms with van der Waals surface area (Å²) >= 11 is 0. The maximum absolute atomic E-state index is 9.63. The molecule has 2 aromatic rings. The monoisotopic (exact) mass is 339 g/mol. The molecule has 0 aromatic carbocycles. The normalized spacial score (nSPS) is 17.4. The standard InChI is InChI=1S/C18H25N7/c1-4-15-16(9-19)18(23-22-17(15)5-2)21-13-7-6-8-25(11-13)14-10-20-24(3)12-14/h10,12-13H,4-8,11H2,1-3H3,(H,21,23)/t13-/m0/s1. The van der Waals surface area contributed by atoms with Crippen LogP contribution in [0.25, 0.3) is 0 Å². The van der Waals surface area contributed by atoms with Gasteiger partial charge in [-0.15, -0.1) is 5.10 Å². The summed E-state index contributed by atoms with van der Waals surface area (Å²) in [5.74, 6) is 0.620. The molecule has 0 saturated carbocycles. The van der Waals surface area contributed by atoms with Gasteiger partial charge in [0.2, 0.25) is 0 Å². The Morgan fingerprint density at radius 3 is 2.80 bits per heavy atom. The van der Waals surface area contributed by atoms with Crippen LogP contribution in [0.5, 0.6) is 0 Å². The molecule has 0 unspecified atom stereocenters. The average molecular weight is 339 g/mol. The Morgan fingerprint density at radius 2 is 2.16 bits per heavy atom. The lowest BCUT2D eigenvalue weighted by molar-refractivity contribution is 0.528. The Morgan fingerprint density at radius 1 is 1.32 bits per heavy atom. The molecule has 0 radical (unpaired) electrons. The molecule has 1 saturated heterocycles. The van der Waals surface area contributed by atoms with Gasteiger partial charge in [0, 0.05) is 32.4 Å². The molecule has 0 spiro atoms. The van der Waals surface area contributed by atoms with Crippen LogP contribution in [0.1, 0.15) is 43.5 Å². The van der Waals surface area contributed by atoms with Crippen molar-refractivity contribution in [2.45, 2.75) is 45.6 Å². The number of aryl methyl sites for hydroxylation is 2. The van der Waals surface area contributed by atoms with Gasteiger partial charge in [-0.25, -0.2) is 0 Å². The highest BCUT2D eigenvalue weighted by molar-refractivity contribution is 5.57. The van der Waals surface area contributed by atoms with Gasteiger partial charge in [-0.3, -0.25) is 4.68 Å². The molecule has 1 atom stereocenters. The molecular weight excluding hydrogens is 314 g/mol. The van der Waals surface area contributed by atoms with Crippen LogP contribution in [0, 0.1) is 11.3 Å². The largest absolute Gasteiger partial charge is 0.367 e. The Labute approximate surface area is 148 Å². The Balaban J connectivity index is 1.79. The molecule has 1 fully saturated rings. The van der Waals surface area contributed by atoms with E-state index in [2.05, 4.69) is 38.5 Å². The predicted octanol–water partition coefficient (Wildman–Crippen LogP) is 2.29. The van der Waals surface area contributed by atoms with E-state index in [1.165, 1.54) is 0 Å². The van der Waals surface area contributed by atoms with Crippen molar-refractivity contribution in [3.63, 3.8) is 0 Å². The minimum atomic E-state index is 0.243. The van der Waals surface area contributed by atoms with Crippen molar-refractivity contribution in [3.05, 3.63) is 29.2 Å². The van der Waals surface area contributed by atoms with E-state index >= 15 is 0 Å². The number of aromatic nitrogens is 4. The molecule has 2 aromatic heterocycles. The number of nitrogens with zero attached hydrogens (tertiary/aromatic N) is 6. The van der Waals surface area contributed by atoms with Crippen molar-refractivity contribution >= 4 is 11.5 Å². The highest BCUT2D eigenvalue weighted by atomic mass is 15.3. The third kappa shape index (κ3) is 3.58. The topological polar surface area (TPSA) is 82.7 Å². The van der Waals surface area contributed by atoms with Crippen LogP contribution in [0.15, 0.2) is 12.4 Å². The van der Waals surface area contributed by atoms with E-state index in [0.29, 0.717) is 11.4 Å². The van der Waals surface area contributed by atoms with Crippen LogP contribution in [-0.2, 0) is 19.9 Å². The van der Waals surface area contributed by atoms with Crippen molar-refractivity contribution in [1.82, 2.24) is 20.0 Å². The molecule has 3 rings (SSSR count). The number of rotatable bonds is 5. The van der Waals surface area contributed by atoms with Crippen molar-refractivity contribution < 1.29 is 0 Å². The highest BCUT2D eigenvalue weighted by Crippen LogP contribution is 2.24. The summed E-state index contributed by atoms with van der Waals surface area (Å²) in [6, 6.07) is 2.58. The molecule has 1 N–H and O–H groups in total. The molecule has 7 nitrogen and oxygen atoms in total. The first-order valence-corrected chi connectivity index (χ1v) is 8.94. The lowest BCUT2D eigenvalue weighted by atomic mass is 10.0. The van der Waals surface area contributed by atoms with Crippen LogP contribution in [0.2, 0.25) is 0 Å². The molecule has 0 aliphatic carbocycles. The Kier molecular flexibility index (Phi) is 5.17. The first kappa shape index (κ1) is 17.2. The summed E-state index contributed by atoms with van der Waals surface area (Å²) in [4.78, 5) is 2.33. The van der Waals surface area contributed by atoms with Gasteiger partial charge < -0.3 is 10.2 Å². The summed E-state index contributed by atoms with van der Waals surface area (Å²) < 4.78 is 1.82. The summed E-state index contributed by atoms with van der Waals surface area (Å²) in [7, 11) is 1.93. The quantitative estimate of drug-likeness (QED) is 0.900. The zero-order valence-corrected chi connectivity index (χ0v) is 15.2. The van der Waals surface area contributed by atoms with E-state index < -0.39 is 0 Å². The molecule has 7 heteroatoms. The smallest absolute Gasteiger partial charge is 0.167 e. The summed E-state index contributed by atoms with van der Waals surface area (Å²) in [6.45, 7) is 6.00. The molecule has 0 bridgehead atoms. The van der Waals surface area contributed by atoms with E-state index in [9.17, 15) is 5.26 Å². The second kappa shape index (κ2) is 7.51. The number of hydrogen-bond acceptors (Lipinski definition) is 6. The molecule has 0 amide bonds. The zero-order chi connectivity index (χ0) is 17.8. The van der Waals surface area contributed by atoms with Gasteiger partial charge in [0.15, 0.2) is 5.82 Å². The third-order valence-electron chi connectivity index (χ3n) is 4.78. The van der Waals surface area contributed by atoms with Crippen molar-refractivity contribution in [1.29, 1.82) is 5.26 Å². The van der Waals surface area contributed by atoms with Gasteiger partial charge in [-0.05, 0) is 31.2 Å². The van der Waals surface area contributed by atoms with Gasteiger partial charge in [-0.2, -0.15) is 15.5 Å². The van der Waals surface area contributed by atoms with Crippen LogP contribution >= 0.6 is 0 Å². The maximum Gasteiger partial charge on any atom is 0.167 e. The second-order valence-electron chi connectivity index (χ2n) is 6.47. The van der Waals surface area contributed by atoms with E-state index in [4.69, 9.17) is 0 Å². The zero-order valence-electron chi connectivity index (χ0n) is 15.2. The minimum absolute atomic E-state index is 0.243. The van der Waals surface area contributed by atoms with Gasteiger partial charge in [0.25, 0.3) is 0 Å². The second-order valence-corrected chi connectivity index (χ2v) is 6.47. The number of nitriles is 1. The fourth-order valence-corrected chi connectivity index (χ4v) is 3.49. The molecule has 25 heavy (non-hydrogen) atoms. The molecule has 1 aliphatic heterocycles. The van der Waals surface area contributed by atoms with Crippen LogP contribution in [0.3, 0.4) is 0 Å². The number of anilines is 2. The van der Waals surface area contributed by atoms with E-state index in [1.54, 1.807) is 0 Å². The molecule has 3 heterocycles. The fourth-order valence-electron chi connectivity index (χ4n) is 3.49. The van der Waals surface area contributed by atoms with Crippen LogP contribution in [0.4, 0.5) is 11.5 Å². The Hall–Kier alpha value is -2.62. The summed E-state index contributed by atoms with van der Waals surface area (Å²) in [5, 5.41) is 26.0. The van der Waals surface area contributed by atoms with Crippen LogP contribution < -0.4 is 10.2 Å². The van der Waals surface area contributed by atoms with Crippen LogP contribution in [-0.4, -0.2) is 39.1 Å². The number of hydrogen-bond donors (Lipinski definition) is 1. The van der Waals surface area contributed by atoms with E-state index in [0.717, 1.165) is 55.7 Å². The Bertz CT molecular complexity index is 774. The summed E-state index contributed by atoms with van der Waals surface area (Å²) in [5.41, 5.74) is 3.72. The van der Waals surface area contributed by atoms with Crippen molar-refractivity contribution in [2.24, 2.45) is 7.05 Å². The van der Waals surface area contributed by atoms with Crippen molar-refractivity contribution in [2.75, 3.05) is 23.3 Å². The predicted molar refractivity (Wildman–Crippen MR) is 97.6 cm³/mol. The number of nitrogens with one attached hydrogen (secondary N) is 1. The highest BCUT2D eigenvalue weighted by Gasteiger charge is 2.23. The van der Waals surface area contributed by atoms with Gasteiger partial charge in [0.1, 0.15) is 11.6 Å². The first-order chi connectivity index (χ1) is 12.2.